The Morgan fingerprint density at radius 1 is 1.00 bits per heavy atom. The van der Waals surface area contributed by atoms with E-state index in [1.165, 1.54) is 0 Å². The molecule has 0 amide bonds. The van der Waals surface area contributed by atoms with Gasteiger partial charge in [-0.3, -0.25) is 0 Å². The number of aliphatic hydroxyl groups excluding tert-OH is 2. The summed E-state index contributed by atoms with van der Waals surface area (Å²) < 4.78 is 37.3. The molecule has 3 atom stereocenters. The van der Waals surface area contributed by atoms with Crippen LogP contribution in [-0.4, -0.2) is 83.4 Å². The summed E-state index contributed by atoms with van der Waals surface area (Å²) in [6.45, 7) is 1.42. The molecular weight excluding hydrogens is 568 g/mol. The van der Waals surface area contributed by atoms with Gasteiger partial charge in [-0.15, -0.1) is 0 Å². The molecule has 12 heteroatoms. The van der Waals surface area contributed by atoms with E-state index >= 15 is 0 Å². The number of rotatable bonds is 7. The van der Waals surface area contributed by atoms with E-state index in [2.05, 4.69) is 20.3 Å². The molecule has 41 heavy (non-hydrogen) atoms. The molecule has 2 saturated heterocycles. The molecule has 0 aliphatic carbocycles. The summed E-state index contributed by atoms with van der Waals surface area (Å²) in [7, 11) is -3.35. The van der Waals surface area contributed by atoms with Crippen molar-refractivity contribution >= 4 is 32.6 Å². The van der Waals surface area contributed by atoms with Crippen molar-refractivity contribution in [2.75, 3.05) is 26.3 Å². The Labute approximate surface area is 242 Å². The van der Waals surface area contributed by atoms with Crippen molar-refractivity contribution < 1.29 is 28.1 Å². The Kier molecular flexibility index (Phi) is 7.99. The van der Waals surface area contributed by atoms with E-state index in [0.717, 1.165) is 29.8 Å². The summed E-state index contributed by atoms with van der Waals surface area (Å²) in [6, 6.07) is 16.8. The number of benzene rings is 2. The molecule has 4 N–H and O–H groups in total. The number of nitrogens with zero attached hydrogens (tertiary/aromatic N) is 2. The van der Waals surface area contributed by atoms with E-state index in [-0.39, 0.29) is 24.5 Å². The monoisotopic (exact) mass is 598 g/mol. The number of pyridine rings is 1. The van der Waals surface area contributed by atoms with Crippen molar-refractivity contribution in [2.45, 2.75) is 47.7 Å². The van der Waals surface area contributed by atoms with Crippen molar-refractivity contribution in [3.8, 4) is 28.4 Å². The Balaban J connectivity index is 1.17. The number of hydrogen-bond donors (Lipinski definition) is 4. The SMILES string of the molecule is O=S(=O)(c1ccc(-c2ccc(-c3nc4nc(OC5COC(CO)C(O)C5)[nH]c4cc3Cl)cc2)cc1)C1CCNCC1. The van der Waals surface area contributed by atoms with Crippen LogP contribution in [0.1, 0.15) is 19.3 Å². The van der Waals surface area contributed by atoms with Gasteiger partial charge in [-0.1, -0.05) is 48.0 Å². The van der Waals surface area contributed by atoms with Gasteiger partial charge in [0.25, 0.3) is 6.01 Å². The third-order valence-corrected chi connectivity index (χ3v) is 10.3. The first-order valence-electron chi connectivity index (χ1n) is 13.6. The molecule has 0 spiro atoms. The third-order valence-electron chi connectivity index (χ3n) is 7.69. The van der Waals surface area contributed by atoms with Crippen LogP contribution in [0.4, 0.5) is 0 Å². The average molecular weight is 599 g/mol. The predicted molar refractivity (Wildman–Crippen MR) is 155 cm³/mol. The lowest BCUT2D eigenvalue weighted by molar-refractivity contribution is -0.131. The van der Waals surface area contributed by atoms with Gasteiger partial charge in [-0.05, 0) is 55.3 Å². The normalized spacial score (nSPS) is 22.2. The number of piperidine rings is 1. The average Bonchev–Trinajstić information content (AvgIpc) is 3.38. The van der Waals surface area contributed by atoms with Crippen LogP contribution >= 0.6 is 11.6 Å². The van der Waals surface area contributed by atoms with Gasteiger partial charge >= 0.3 is 0 Å². The lowest BCUT2D eigenvalue weighted by Crippen LogP contribution is -2.45. The van der Waals surface area contributed by atoms with Gasteiger partial charge in [0.2, 0.25) is 0 Å². The lowest BCUT2D eigenvalue weighted by Gasteiger charge is -2.31. The van der Waals surface area contributed by atoms with Crippen LogP contribution in [-0.2, 0) is 14.6 Å². The zero-order chi connectivity index (χ0) is 28.6. The van der Waals surface area contributed by atoms with Gasteiger partial charge in [0, 0.05) is 12.0 Å². The Morgan fingerprint density at radius 3 is 2.32 bits per heavy atom. The smallest absolute Gasteiger partial charge is 0.296 e. The highest BCUT2D eigenvalue weighted by atomic mass is 35.5. The molecule has 4 aromatic rings. The van der Waals surface area contributed by atoms with E-state index in [1.807, 2.05) is 36.4 Å². The number of halogens is 1. The number of fused-ring (bicyclic) bond motifs is 1. The molecule has 0 bridgehead atoms. The van der Waals surface area contributed by atoms with E-state index in [1.54, 1.807) is 18.2 Å². The zero-order valence-corrected chi connectivity index (χ0v) is 23.7. The molecule has 2 aliphatic rings. The van der Waals surface area contributed by atoms with Gasteiger partial charge in [-0.2, -0.15) is 4.98 Å². The number of aromatic amines is 1. The van der Waals surface area contributed by atoms with Gasteiger partial charge in [-0.25, -0.2) is 13.4 Å². The fraction of sp³-hybridized carbons (Fsp3) is 0.379. The summed E-state index contributed by atoms with van der Waals surface area (Å²) in [6.07, 6.45) is -0.284. The lowest BCUT2D eigenvalue weighted by atomic mass is 10.0. The van der Waals surface area contributed by atoms with Gasteiger partial charge in [0.15, 0.2) is 15.5 Å². The van der Waals surface area contributed by atoms with Crippen molar-refractivity contribution in [3.63, 3.8) is 0 Å². The van der Waals surface area contributed by atoms with Crippen molar-refractivity contribution in [3.05, 3.63) is 59.6 Å². The number of hydrogen-bond acceptors (Lipinski definition) is 9. The Bertz CT molecular complexity index is 1620. The molecular formula is C29H31ClN4O6S. The maximum absolute atomic E-state index is 13.0. The molecule has 6 rings (SSSR count). The zero-order valence-electron chi connectivity index (χ0n) is 22.2. The molecule has 2 aromatic carbocycles. The number of sulfone groups is 1. The Hall–Kier alpha value is -3.06. The molecule has 2 aliphatic heterocycles. The molecule has 0 saturated carbocycles. The van der Waals surface area contributed by atoms with Crippen LogP contribution in [0.25, 0.3) is 33.5 Å². The number of ether oxygens (including phenoxy) is 2. The second-order valence-electron chi connectivity index (χ2n) is 10.4. The maximum Gasteiger partial charge on any atom is 0.296 e. The fourth-order valence-electron chi connectivity index (χ4n) is 5.36. The molecule has 0 radical (unpaired) electrons. The number of aliphatic hydroxyl groups is 2. The molecule has 4 heterocycles. The first kappa shape index (κ1) is 28.1. The minimum absolute atomic E-state index is 0.224. The summed E-state index contributed by atoms with van der Waals surface area (Å²) in [4.78, 5) is 12.5. The number of aromatic nitrogens is 3. The summed E-state index contributed by atoms with van der Waals surface area (Å²) >= 11 is 6.58. The second-order valence-corrected chi connectivity index (χ2v) is 13.1. The molecule has 216 valence electrons. The van der Waals surface area contributed by atoms with E-state index in [4.69, 9.17) is 21.1 Å². The third kappa shape index (κ3) is 5.83. The molecule has 2 aromatic heterocycles. The van der Waals surface area contributed by atoms with Crippen LogP contribution in [0.3, 0.4) is 0 Å². The van der Waals surface area contributed by atoms with Crippen LogP contribution in [0.15, 0.2) is 59.5 Å². The highest BCUT2D eigenvalue weighted by molar-refractivity contribution is 7.92. The van der Waals surface area contributed by atoms with Gasteiger partial charge in [0.1, 0.15) is 12.2 Å². The highest BCUT2D eigenvalue weighted by Gasteiger charge is 2.31. The first-order chi connectivity index (χ1) is 19.8. The summed E-state index contributed by atoms with van der Waals surface area (Å²) in [5.74, 6) is 0. The minimum atomic E-state index is -3.35. The molecule has 3 unspecified atom stereocenters. The first-order valence-corrected chi connectivity index (χ1v) is 15.5. The number of nitrogens with one attached hydrogen (secondary N) is 2. The fourth-order valence-corrected chi connectivity index (χ4v) is 7.37. The summed E-state index contributed by atoms with van der Waals surface area (Å²) in [5.41, 5.74) is 4.25. The van der Waals surface area contributed by atoms with E-state index in [9.17, 15) is 18.6 Å². The second kappa shape index (κ2) is 11.7. The topological polar surface area (TPSA) is 147 Å². The van der Waals surface area contributed by atoms with Crippen LogP contribution < -0.4 is 10.1 Å². The molecule has 2 fully saturated rings. The van der Waals surface area contributed by atoms with Gasteiger partial charge in [0.05, 0.1) is 45.7 Å². The van der Waals surface area contributed by atoms with Crippen LogP contribution in [0.2, 0.25) is 5.02 Å². The van der Waals surface area contributed by atoms with Crippen LogP contribution in [0.5, 0.6) is 6.01 Å². The minimum Gasteiger partial charge on any atom is -0.459 e. The predicted octanol–water partition coefficient (Wildman–Crippen LogP) is 3.36. The summed E-state index contributed by atoms with van der Waals surface area (Å²) in [5, 5.41) is 22.6. The van der Waals surface area contributed by atoms with E-state index < -0.39 is 28.1 Å². The van der Waals surface area contributed by atoms with Crippen molar-refractivity contribution in [1.29, 1.82) is 0 Å². The number of H-pyrrole nitrogens is 1. The quantitative estimate of drug-likeness (QED) is 0.251. The van der Waals surface area contributed by atoms with Gasteiger partial charge < -0.3 is 30.0 Å². The van der Waals surface area contributed by atoms with Crippen molar-refractivity contribution in [2.24, 2.45) is 0 Å². The van der Waals surface area contributed by atoms with Crippen LogP contribution in [0, 0.1) is 0 Å². The Morgan fingerprint density at radius 2 is 1.66 bits per heavy atom. The maximum atomic E-state index is 13.0. The molecule has 10 nitrogen and oxygen atoms in total. The standard InChI is InChI=1S/C29H31ClN4O6S/c30-23-14-24-28(34-29(32-24)40-20-13-25(36)26(15-35)39-16-20)33-27(23)19-3-1-17(2-4-19)18-5-7-21(8-6-18)41(37,38)22-9-11-31-12-10-22/h1-8,14,20,22,25-26,31,35-36H,9-13,15-16H2,(H,32,33,34). The van der Waals surface area contributed by atoms with E-state index in [0.29, 0.717) is 46.0 Å². The van der Waals surface area contributed by atoms with Crippen molar-refractivity contribution in [1.82, 2.24) is 20.3 Å². The highest BCUT2D eigenvalue weighted by Crippen LogP contribution is 2.32. The number of imidazole rings is 1. The largest absolute Gasteiger partial charge is 0.459 e.